The van der Waals surface area contributed by atoms with Crippen molar-refractivity contribution in [3.8, 4) is 0 Å². The molecule has 0 unspecified atom stereocenters. The van der Waals surface area contributed by atoms with Gasteiger partial charge in [-0.25, -0.2) is 4.79 Å². The van der Waals surface area contributed by atoms with Crippen molar-refractivity contribution in [2.24, 2.45) is 5.92 Å². The fourth-order valence-corrected chi connectivity index (χ4v) is 4.73. The van der Waals surface area contributed by atoms with Crippen molar-refractivity contribution >= 4 is 6.03 Å². The van der Waals surface area contributed by atoms with Gasteiger partial charge in [0.15, 0.2) is 0 Å². The van der Waals surface area contributed by atoms with E-state index < -0.39 is 0 Å². The summed E-state index contributed by atoms with van der Waals surface area (Å²) in [4.78, 5) is 23.7. The summed E-state index contributed by atoms with van der Waals surface area (Å²) < 4.78 is 5.77. The summed E-state index contributed by atoms with van der Waals surface area (Å²) in [5.41, 5.74) is 1.28. The van der Waals surface area contributed by atoms with Crippen LogP contribution in [0.1, 0.15) is 24.8 Å². The van der Waals surface area contributed by atoms with Crippen LogP contribution in [0.4, 0.5) is 4.79 Å². The van der Waals surface area contributed by atoms with E-state index in [4.69, 9.17) is 4.74 Å². The molecule has 3 saturated heterocycles. The van der Waals surface area contributed by atoms with Gasteiger partial charge in [-0.05, 0) is 37.0 Å². The van der Waals surface area contributed by atoms with Crippen molar-refractivity contribution < 1.29 is 9.53 Å². The molecule has 25 heavy (non-hydrogen) atoms. The number of carbonyl (C=O) groups excluding carboxylic acids is 1. The minimum atomic E-state index is 0.243. The lowest BCUT2D eigenvalue weighted by molar-refractivity contribution is -0.0124. The first kappa shape index (κ1) is 16.8. The molecule has 4 rings (SSSR count). The number of nitrogens with zero attached hydrogens (tertiary/aromatic N) is 4. The molecule has 3 aliphatic rings. The van der Waals surface area contributed by atoms with E-state index in [0.717, 1.165) is 58.5 Å². The summed E-state index contributed by atoms with van der Waals surface area (Å²) in [5, 5.41) is 0. The van der Waals surface area contributed by atoms with Crippen molar-refractivity contribution in [2.45, 2.75) is 38.0 Å². The topological polar surface area (TPSA) is 48.9 Å². The number of pyridine rings is 1. The first-order chi connectivity index (χ1) is 12.3. The summed E-state index contributed by atoms with van der Waals surface area (Å²) in [7, 11) is 1.81. The van der Waals surface area contributed by atoms with Crippen LogP contribution in [0.2, 0.25) is 0 Å². The van der Waals surface area contributed by atoms with Gasteiger partial charge in [-0.2, -0.15) is 0 Å². The van der Waals surface area contributed by atoms with Gasteiger partial charge in [0.1, 0.15) is 0 Å². The van der Waals surface area contributed by atoms with E-state index in [2.05, 4.69) is 26.9 Å². The van der Waals surface area contributed by atoms with Crippen LogP contribution >= 0.6 is 0 Å². The molecule has 0 spiro atoms. The average Bonchev–Trinajstić information content (AvgIpc) is 3.31. The first-order valence-corrected chi connectivity index (χ1v) is 9.46. The summed E-state index contributed by atoms with van der Waals surface area (Å²) in [6.07, 6.45) is 7.18. The minimum absolute atomic E-state index is 0.243. The van der Waals surface area contributed by atoms with Crippen molar-refractivity contribution in [3.63, 3.8) is 0 Å². The average molecular weight is 344 g/mol. The molecule has 0 radical (unpaired) electrons. The number of piperidine rings is 1. The second kappa shape index (κ2) is 7.30. The summed E-state index contributed by atoms with van der Waals surface area (Å²) >= 11 is 0. The zero-order chi connectivity index (χ0) is 17.2. The Hall–Kier alpha value is -1.66. The molecule has 3 atom stereocenters. The smallest absolute Gasteiger partial charge is 0.320 e. The number of methoxy groups -OCH3 is 1. The molecule has 0 aliphatic carbocycles. The molecule has 2 amide bonds. The second-order valence-electron chi connectivity index (χ2n) is 7.51. The fraction of sp³-hybridized carbons (Fsp3) is 0.684. The molecular weight excluding hydrogens is 316 g/mol. The molecule has 3 aliphatic heterocycles. The number of rotatable bonds is 3. The number of fused-ring (bicyclic) bond motifs is 1. The lowest BCUT2D eigenvalue weighted by Gasteiger charge is -2.42. The normalized spacial score (nSPS) is 29.9. The number of amides is 2. The van der Waals surface area contributed by atoms with E-state index in [1.165, 1.54) is 5.56 Å². The third-order valence-electron chi connectivity index (χ3n) is 6.02. The Labute approximate surface area is 149 Å². The van der Waals surface area contributed by atoms with Gasteiger partial charge in [-0.1, -0.05) is 0 Å². The van der Waals surface area contributed by atoms with E-state index in [0.29, 0.717) is 5.92 Å². The Bertz CT molecular complexity index is 590. The Morgan fingerprint density at radius 2 is 1.96 bits per heavy atom. The Kier molecular flexibility index (Phi) is 4.90. The summed E-state index contributed by atoms with van der Waals surface area (Å²) in [5.74, 6) is 0.409. The van der Waals surface area contributed by atoms with Gasteiger partial charge in [-0.15, -0.1) is 0 Å². The van der Waals surface area contributed by atoms with Crippen LogP contribution in [-0.4, -0.2) is 77.7 Å². The molecule has 1 aromatic heterocycles. The molecule has 1 aromatic rings. The van der Waals surface area contributed by atoms with Gasteiger partial charge in [0.05, 0.1) is 12.1 Å². The number of hydrogen-bond acceptors (Lipinski definition) is 4. The fourth-order valence-electron chi connectivity index (χ4n) is 4.73. The van der Waals surface area contributed by atoms with Crippen molar-refractivity contribution in [3.05, 3.63) is 30.1 Å². The van der Waals surface area contributed by atoms with Crippen LogP contribution in [0.3, 0.4) is 0 Å². The van der Waals surface area contributed by atoms with Crippen molar-refractivity contribution in [2.75, 3.05) is 39.8 Å². The molecule has 0 bridgehead atoms. The predicted octanol–water partition coefficient (Wildman–Crippen LogP) is 1.82. The minimum Gasteiger partial charge on any atom is -0.381 e. The van der Waals surface area contributed by atoms with E-state index >= 15 is 0 Å². The van der Waals surface area contributed by atoms with Gasteiger partial charge in [0, 0.05) is 64.7 Å². The van der Waals surface area contributed by atoms with E-state index in [1.54, 1.807) is 0 Å². The lowest BCUT2D eigenvalue weighted by atomic mass is 9.89. The van der Waals surface area contributed by atoms with Gasteiger partial charge < -0.3 is 14.5 Å². The molecule has 0 aromatic carbocycles. The third-order valence-corrected chi connectivity index (χ3v) is 6.02. The van der Waals surface area contributed by atoms with Crippen LogP contribution in [0.25, 0.3) is 0 Å². The van der Waals surface area contributed by atoms with Gasteiger partial charge in [0.2, 0.25) is 0 Å². The van der Waals surface area contributed by atoms with Crippen LogP contribution in [0, 0.1) is 5.92 Å². The monoisotopic (exact) mass is 344 g/mol. The quantitative estimate of drug-likeness (QED) is 0.839. The molecule has 136 valence electrons. The number of carbonyl (C=O) groups is 1. The highest BCUT2D eigenvalue weighted by atomic mass is 16.5. The third kappa shape index (κ3) is 3.37. The molecule has 0 N–H and O–H groups in total. The number of likely N-dealkylation sites (tertiary alicyclic amines) is 3. The molecule has 3 fully saturated rings. The highest BCUT2D eigenvalue weighted by Gasteiger charge is 2.46. The SMILES string of the molecule is CO[C@@H]1CCN(C(=O)N2CCCC2)[C@@H]2CN(Cc3ccncc3)C[C@@H]21. The summed E-state index contributed by atoms with van der Waals surface area (Å²) in [6, 6.07) is 4.66. The van der Waals surface area contributed by atoms with Gasteiger partial charge in [0.25, 0.3) is 0 Å². The van der Waals surface area contributed by atoms with Crippen LogP contribution in [-0.2, 0) is 11.3 Å². The van der Waals surface area contributed by atoms with Crippen LogP contribution < -0.4 is 0 Å². The number of aromatic nitrogens is 1. The zero-order valence-corrected chi connectivity index (χ0v) is 15.0. The highest BCUT2D eigenvalue weighted by Crippen LogP contribution is 2.34. The maximum absolute atomic E-state index is 13.0. The molecular formula is C19H28N4O2. The zero-order valence-electron chi connectivity index (χ0n) is 15.0. The molecule has 4 heterocycles. The van der Waals surface area contributed by atoms with Crippen LogP contribution in [0.5, 0.6) is 0 Å². The molecule has 0 saturated carbocycles. The van der Waals surface area contributed by atoms with Crippen LogP contribution in [0.15, 0.2) is 24.5 Å². The second-order valence-corrected chi connectivity index (χ2v) is 7.51. The maximum atomic E-state index is 13.0. The Morgan fingerprint density at radius 1 is 1.20 bits per heavy atom. The maximum Gasteiger partial charge on any atom is 0.320 e. The molecule has 6 nitrogen and oxygen atoms in total. The van der Waals surface area contributed by atoms with Gasteiger partial charge >= 0.3 is 6.03 Å². The molecule has 6 heteroatoms. The number of hydrogen-bond donors (Lipinski definition) is 0. The van der Waals surface area contributed by atoms with E-state index in [-0.39, 0.29) is 18.2 Å². The van der Waals surface area contributed by atoms with E-state index in [1.807, 2.05) is 24.4 Å². The van der Waals surface area contributed by atoms with Crippen molar-refractivity contribution in [1.82, 2.24) is 19.7 Å². The highest BCUT2D eigenvalue weighted by molar-refractivity contribution is 5.75. The predicted molar refractivity (Wildman–Crippen MR) is 95.1 cm³/mol. The summed E-state index contributed by atoms with van der Waals surface area (Å²) in [6.45, 7) is 5.50. The Morgan fingerprint density at radius 3 is 2.68 bits per heavy atom. The van der Waals surface area contributed by atoms with Gasteiger partial charge in [-0.3, -0.25) is 9.88 Å². The van der Waals surface area contributed by atoms with Crippen molar-refractivity contribution in [1.29, 1.82) is 0 Å². The first-order valence-electron chi connectivity index (χ1n) is 9.46. The number of ether oxygens (including phenoxy) is 1. The Balaban J connectivity index is 1.48. The van der Waals surface area contributed by atoms with E-state index in [9.17, 15) is 4.79 Å². The standard InChI is InChI=1S/C19H28N4O2/c1-25-18-6-11-23(19(24)22-9-2-3-10-22)17-14-21(13-16(17)18)12-15-4-7-20-8-5-15/h4-5,7-8,16-18H,2-3,6,9-14H2,1H3/t16-,17+,18+/m0/s1. The largest absolute Gasteiger partial charge is 0.381 e. The number of urea groups is 1. The lowest BCUT2D eigenvalue weighted by Crippen LogP contribution is -2.56.